The highest BCUT2D eigenvalue weighted by Gasteiger charge is 2.35. The molecule has 3 aliphatic heterocycles. The molecule has 5 rings (SSSR count). The maximum Gasteiger partial charge on any atom is 0.241 e. The zero-order valence-electron chi connectivity index (χ0n) is 22.0. The Bertz CT molecular complexity index is 1080. The minimum atomic E-state index is -0.255. The van der Waals surface area contributed by atoms with Gasteiger partial charge in [0.15, 0.2) is 0 Å². The third-order valence-electron chi connectivity index (χ3n) is 7.66. The molecule has 1 aromatic heterocycles. The molecule has 9 heteroatoms. The van der Waals surface area contributed by atoms with Gasteiger partial charge in [-0.25, -0.2) is 9.37 Å². The number of hydrogen-bond donors (Lipinski definition) is 1. The van der Waals surface area contributed by atoms with E-state index in [-0.39, 0.29) is 23.8 Å². The van der Waals surface area contributed by atoms with E-state index in [1.165, 1.54) is 12.1 Å². The number of morpholine rings is 1. The lowest BCUT2D eigenvalue weighted by atomic mass is 10.0. The molecule has 0 radical (unpaired) electrons. The number of rotatable bonds is 6. The molecule has 1 amide bonds. The van der Waals surface area contributed by atoms with E-state index in [0.29, 0.717) is 43.2 Å². The van der Waals surface area contributed by atoms with Crippen LogP contribution in [0.25, 0.3) is 0 Å². The smallest absolute Gasteiger partial charge is 0.241 e. The molecular formula is C28H38FN5O3. The van der Waals surface area contributed by atoms with Crippen molar-refractivity contribution in [1.29, 1.82) is 0 Å². The van der Waals surface area contributed by atoms with Crippen LogP contribution in [0.4, 0.5) is 10.1 Å². The van der Waals surface area contributed by atoms with Crippen LogP contribution in [-0.4, -0.2) is 97.4 Å². The third-order valence-corrected chi connectivity index (χ3v) is 7.66. The number of fused-ring (bicyclic) bond motifs is 1. The number of ether oxygens (including phenoxy) is 2. The maximum atomic E-state index is 13.9. The Morgan fingerprint density at radius 2 is 1.92 bits per heavy atom. The Morgan fingerprint density at radius 1 is 1.11 bits per heavy atom. The second-order valence-electron chi connectivity index (χ2n) is 10.7. The molecule has 1 N–H and O–H groups in total. The summed E-state index contributed by atoms with van der Waals surface area (Å²) in [6.45, 7) is 12.2. The molecule has 0 spiro atoms. The first kappa shape index (κ1) is 26.0. The van der Waals surface area contributed by atoms with E-state index in [9.17, 15) is 9.18 Å². The second-order valence-corrected chi connectivity index (χ2v) is 10.7. The second kappa shape index (κ2) is 11.4. The number of aromatic nitrogens is 1. The van der Waals surface area contributed by atoms with E-state index in [4.69, 9.17) is 9.47 Å². The van der Waals surface area contributed by atoms with Crippen LogP contribution in [-0.2, 0) is 16.0 Å². The van der Waals surface area contributed by atoms with Gasteiger partial charge in [0.25, 0.3) is 0 Å². The Hall–Kier alpha value is -2.59. The summed E-state index contributed by atoms with van der Waals surface area (Å²) in [6, 6.07) is 9.32. The fourth-order valence-corrected chi connectivity index (χ4v) is 5.55. The Balaban J connectivity index is 1.33. The van der Waals surface area contributed by atoms with Crippen LogP contribution in [0.3, 0.4) is 0 Å². The average Bonchev–Trinajstić information content (AvgIpc) is 2.88. The normalized spacial score (nSPS) is 27.0. The van der Waals surface area contributed by atoms with Crippen LogP contribution in [0.1, 0.15) is 31.9 Å². The lowest BCUT2D eigenvalue weighted by Gasteiger charge is -2.44. The number of piperazine rings is 1. The molecule has 4 atom stereocenters. The summed E-state index contributed by atoms with van der Waals surface area (Å²) in [5.41, 5.74) is 2.65. The van der Waals surface area contributed by atoms with Crippen LogP contribution in [0.5, 0.6) is 5.88 Å². The SMILES string of the molecule is C[C@@H]1CN(CC(=O)N2c3cc(Cc4ccc(F)cc4)cnc3OC[C@H]2C)[C@@H](CN2CCOC[C@H]2C)CN1. The van der Waals surface area contributed by atoms with Gasteiger partial charge in [-0.3, -0.25) is 14.6 Å². The summed E-state index contributed by atoms with van der Waals surface area (Å²) >= 11 is 0. The number of halogens is 1. The van der Waals surface area contributed by atoms with E-state index < -0.39 is 0 Å². The van der Waals surface area contributed by atoms with Gasteiger partial charge < -0.3 is 19.7 Å². The van der Waals surface area contributed by atoms with E-state index in [0.717, 1.165) is 50.5 Å². The molecule has 2 aromatic rings. The largest absolute Gasteiger partial charge is 0.474 e. The molecule has 2 fully saturated rings. The topological polar surface area (TPSA) is 70.2 Å². The summed E-state index contributed by atoms with van der Waals surface area (Å²) in [6.07, 6.45) is 2.38. The predicted octanol–water partition coefficient (Wildman–Crippen LogP) is 2.31. The molecule has 2 saturated heterocycles. The van der Waals surface area contributed by atoms with Gasteiger partial charge in [0, 0.05) is 50.5 Å². The highest BCUT2D eigenvalue weighted by molar-refractivity contribution is 5.97. The number of anilines is 1. The number of carbonyl (C=O) groups excluding carboxylic acids is 1. The fourth-order valence-electron chi connectivity index (χ4n) is 5.55. The minimum Gasteiger partial charge on any atom is -0.474 e. The first-order valence-electron chi connectivity index (χ1n) is 13.3. The van der Waals surface area contributed by atoms with Gasteiger partial charge in [-0.1, -0.05) is 12.1 Å². The van der Waals surface area contributed by atoms with Gasteiger partial charge in [-0.15, -0.1) is 0 Å². The maximum absolute atomic E-state index is 13.9. The van der Waals surface area contributed by atoms with Crippen LogP contribution in [0.2, 0.25) is 0 Å². The van der Waals surface area contributed by atoms with Crippen molar-refractivity contribution in [2.24, 2.45) is 0 Å². The van der Waals surface area contributed by atoms with E-state index in [1.54, 1.807) is 18.3 Å². The van der Waals surface area contributed by atoms with E-state index in [1.807, 2.05) is 17.9 Å². The van der Waals surface area contributed by atoms with Crippen molar-refractivity contribution in [3.8, 4) is 5.88 Å². The van der Waals surface area contributed by atoms with E-state index >= 15 is 0 Å². The standard InChI is InChI=1S/C28H38FN5O3/c1-19-14-33(25(13-30-19)15-32-8-9-36-17-20(32)2)16-27(35)34-21(3)18-37-28-26(34)11-23(12-31-28)10-22-4-6-24(29)7-5-22/h4-7,11-12,19-21,25,30H,8-10,13-18H2,1-3H3/t19-,20-,21-,25-/m1/s1. The number of amides is 1. The highest BCUT2D eigenvalue weighted by Crippen LogP contribution is 2.33. The van der Waals surface area contributed by atoms with Crippen molar-refractivity contribution in [3.63, 3.8) is 0 Å². The number of hydrogen-bond acceptors (Lipinski definition) is 7. The zero-order chi connectivity index (χ0) is 25.9. The summed E-state index contributed by atoms with van der Waals surface area (Å²) < 4.78 is 24.8. The Kier molecular flexibility index (Phi) is 8.04. The lowest BCUT2D eigenvalue weighted by Crippen LogP contribution is -2.62. The summed E-state index contributed by atoms with van der Waals surface area (Å²) in [5, 5.41) is 3.60. The first-order chi connectivity index (χ1) is 17.9. The third kappa shape index (κ3) is 6.12. The van der Waals surface area contributed by atoms with E-state index in [2.05, 4.69) is 33.9 Å². The van der Waals surface area contributed by atoms with Crippen molar-refractivity contribution >= 4 is 11.6 Å². The molecular weight excluding hydrogens is 473 g/mol. The van der Waals surface area contributed by atoms with Gasteiger partial charge in [-0.05, 0) is 56.5 Å². The van der Waals surface area contributed by atoms with Gasteiger partial charge in [0.2, 0.25) is 11.8 Å². The van der Waals surface area contributed by atoms with Crippen LogP contribution >= 0.6 is 0 Å². The molecule has 4 heterocycles. The van der Waals surface area contributed by atoms with Crippen molar-refractivity contribution in [2.75, 3.05) is 57.4 Å². The fraction of sp³-hybridized carbons (Fsp3) is 0.571. The molecule has 0 aliphatic carbocycles. The molecule has 8 nitrogen and oxygen atoms in total. The minimum absolute atomic E-state index is 0.0620. The van der Waals surface area contributed by atoms with Crippen molar-refractivity contribution in [3.05, 3.63) is 53.5 Å². The lowest BCUT2D eigenvalue weighted by molar-refractivity contribution is -0.121. The van der Waals surface area contributed by atoms with Gasteiger partial charge in [0.1, 0.15) is 18.1 Å². The molecule has 200 valence electrons. The monoisotopic (exact) mass is 511 g/mol. The van der Waals surface area contributed by atoms with Gasteiger partial charge in [-0.2, -0.15) is 0 Å². The predicted molar refractivity (Wildman–Crippen MR) is 141 cm³/mol. The van der Waals surface area contributed by atoms with Gasteiger partial charge in [0.05, 0.1) is 25.8 Å². The average molecular weight is 512 g/mol. The molecule has 0 bridgehead atoms. The Morgan fingerprint density at radius 3 is 2.70 bits per heavy atom. The molecule has 3 aliphatic rings. The number of carbonyl (C=O) groups is 1. The van der Waals surface area contributed by atoms with Crippen molar-refractivity contribution < 1.29 is 18.7 Å². The Labute approximate surface area is 218 Å². The van der Waals surface area contributed by atoms with Crippen molar-refractivity contribution in [1.82, 2.24) is 20.1 Å². The first-order valence-corrected chi connectivity index (χ1v) is 13.3. The summed E-state index contributed by atoms with van der Waals surface area (Å²) in [7, 11) is 0. The summed E-state index contributed by atoms with van der Waals surface area (Å²) in [5.74, 6) is 0.295. The number of nitrogens with one attached hydrogen (secondary N) is 1. The molecule has 0 unspecified atom stereocenters. The number of benzene rings is 1. The molecule has 37 heavy (non-hydrogen) atoms. The molecule has 1 aromatic carbocycles. The molecule has 0 saturated carbocycles. The number of nitrogens with zero attached hydrogens (tertiary/aromatic N) is 4. The number of pyridine rings is 1. The van der Waals surface area contributed by atoms with Crippen LogP contribution in [0.15, 0.2) is 36.5 Å². The quantitative estimate of drug-likeness (QED) is 0.638. The van der Waals surface area contributed by atoms with Crippen molar-refractivity contribution in [2.45, 2.75) is 51.4 Å². The van der Waals surface area contributed by atoms with Crippen LogP contribution in [0, 0.1) is 5.82 Å². The zero-order valence-corrected chi connectivity index (χ0v) is 22.0. The summed E-state index contributed by atoms with van der Waals surface area (Å²) in [4.78, 5) is 25.1. The van der Waals surface area contributed by atoms with Gasteiger partial charge >= 0.3 is 0 Å². The van der Waals surface area contributed by atoms with Crippen LogP contribution < -0.4 is 15.0 Å². The highest BCUT2D eigenvalue weighted by atomic mass is 19.1.